The summed E-state index contributed by atoms with van der Waals surface area (Å²) in [6.07, 6.45) is -3.01. The Bertz CT molecular complexity index is 738. The van der Waals surface area contributed by atoms with E-state index in [1.54, 1.807) is 12.1 Å². The summed E-state index contributed by atoms with van der Waals surface area (Å²) in [7, 11) is 0. The van der Waals surface area contributed by atoms with Crippen molar-refractivity contribution in [3.63, 3.8) is 0 Å². The molecule has 0 atom stereocenters. The van der Waals surface area contributed by atoms with Crippen molar-refractivity contribution in [2.24, 2.45) is 5.73 Å². The monoisotopic (exact) mass is 360 g/mol. The van der Waals surface area contributed by atoms with E-state index in [2.05, 4.69) is 9.72 Å². The number of alkyl halides is 3. The van der Waals surface area contributed by atoms with Crippen molar-refractivity contribution in [2.75, 3.05) is 6.61 Å². The lowest BCUT2D eigenvalue weighted by atomic mass is 10.1. The van der Waals surface area contributed by atoms with Crippen molar-refractivity contribution < 1.29 is 27.4 Å². The van der Waals surface area contributed by atoms with Crippen molar-refractivity contribution in [1.29, 1.82) is 0 Å². The number of carbonyl (C=O) groups excluding carboxylic acids is 1. The van der Waals surface area contributed by atoms with E-state index in [4.69, 9.17) is 22.1 Å². The lowest BCUT2D eigenvalue weighted by Gasteiger charge is -2.12. The molecule has 0 radical (unpaired) electrons. The molecule has 1 heterocycles. The average Bonchev–Trinajstić information content (AvgIpc) is 2.48. The molecule has 5 nitrogen and oxygen atoms in total. The highest BCUT2D eigenvalue weighted by atomic mass is 35.5. The predicted molar refractivity (Wildman–Crippen MR) is 80.1 cm³/mol. The quantitative estimate of drug-likeness (QED) is 0.857. The van der Waals surface area contributed by atoms with Crippen LogP contribution in [0.5, 0.6) is 11.5 Å². The Balaban J connectivity index is 1.99. The van der Waals surface area contributed by atoms with Gasteiger partial charge in [0, 0.05) is 18.7 Å². The Morgan fingerprint density at radius 1 is 1.29 bits per heavy atom. The van der Waals surface area contributed by atoms with E-state index in [9.17, 15) is 18.0 Å². The van der Waals surface area contributed by atoms with E-state index in [1.807, 2.05) is 0 Å². The van der Waals surface area contributed by atoms with Gasteiger partial charge < -0.3 is 15.2 Å². The summed E-state index contributed by atoms with van der Waals surface area (Å²) in [4.78, 5) is 15.3. The van der Waals surface area contributed by atoms with Crippen LogP contribution < -0.4 is 15.2 Å². The number of benzene rings is 1. The number of primary amides is 1. The number of nitrogens with two attached hydrogens (primary N) is 1. The Hall–Kier alpha value is -2.48. The minimum atomic E-state index is -4.80. The maximum absolute atomic E-state index is 12.1. The molecule has 0 unspecified atom stereocenters. The molecule has 0 saturated carbocycles. The molecule has 1 aromatic carbocycles. The summed E-state index contributed by atoms with van der Waals surface area (Å²) < 4.78 is 45.5. The molecule has 0 aliphatic heterocycles. The summed E-state index contributed by atoms with van der Waals surface area (Å²) in [5.74, 6) is -0.867. The molecule has 0 spiro atoms. The summed E-state index contributed by atoms with van der Waals surface area (Å²) in [5, 5.41) is -0.0344. The van der Waals surface area contributed by atoms with Crippen LogP contribution in [0.1, 0.15) is 16.1 Å². The minimum absolute atomic E-state index is 0.0344. The molecule has 1 amide bonds. The van der Waals surface area contributed by atoms with Gasteiger partial charge in [-0.1, -0.05) is 11.6 Å². The molecule has 24 heavy (non-hydrogen) atoms. The smallest absolute Gasteiger partial charge is 0.492 e. The summed E-state index contributed by atoms with van der Waals surface area (Å²) >= 11 is 5.86. The Labute approximate surface area is 140 Å². The van der Waals surface area contributed by atoms with Crippen LogP contribution in [0.3, 0.4) is 0 Å². The van der Waals surface area contributed by atoms with E-state index in [0.717, 1.165) is 12.1 Å². The molecule has 2 N–H and O–H groups in total. The van der Waals surface area contributed by atoms with E-state index in [0.29, 0.717) is 5.69 Å². The number of pyridine rings is 1. The van der Waals surface area contributed by atoms with Crippen LogP contribution in [0.2, 0.25) is 5.02 Å². The lowest BCUT2D eigenvalue weighted by Crippen LogP contribution is -2.17. The standard InChI is InChI=1S/C15H12ClF3N2O3/c16-11-8-9(24-15(17,18)19)3-4-13(11)23-7-5-12-10(14(20)22)2-1-6-21-12/h1-4,6,8H,5,7H2,(H2,20,22). The molecule has 2 rings (SSSR count). The van der Waals surface area contributed by atoms with Gasteiger partial charge in [0.15, 0.2) is 0 Å². The maximum Gasteiger partial charge on any atom is 0.573 e. The van der Waals surface area contributed by atoms with Crippen LogP contribution >= 0.6 is 11.6 Å². The number of carbonyl (C=O) groups is 1. The van der Waals surface area contributed by atoms with E-state index < -0.39 is 18.0 Å². The summed E-state index contributed by atoms with van der Waals surface area (Å²) in [5.41, 5.74) is 5.98. The maximum atomic E-state index is 12.1. The molecule has 0 fully saturated rings. The van der Waals surface area contributed by atoms with Crippen LogP contribution in [0.4, 0.5) is 13.2 Å². The first-order chi connectivity index (χ1) is 11.3. The van der Waals surface area contributed by atoms with E-state index in [-0.39, 0.29) is 29.4 Å². The molecule has 0 aliphatic rings. The zero-order valence-electron chi connectivity index (χ0n) is 12.1. The molecule has 9 heteroatoms. The van der Waals surface area contributed by atoms with Crippen LogP contribution in [0.25, 0.3) is 0 Å². The van der Waals surface area contributed by atoms with Gasteiger partial charge in [0.1, 0.15) is 11.5 Å². The largest absolute Gasteiger partial charge is 0.573 e. The first-order valence-corrected chi connectivity index (χ1v) is 7.06. The third-order valence-corrected chi connectivity index (χ3v) is 3.18. The fourth-order valence-corrected chi connectivity index (χ4v) is 2.14. The van der Waals surface area contributed by atoms with E-state index >= 15 is 0 Å². The molecule has 1 aromatic heterocycles. The van der Waals surface area contributed by atoms with Gasteiger partial charge in [0.05, 0.1) is 22.9 Å². The fourth-order valence-electron chi connectivity index (χ4n) is 1.91. The number of hydrogen-bond donors (Lipinski definition) is 1. The van der Waals surface area contributed by atoms with Crippen molar-refractivity contribution in [3.05, 3.63) is 52.8 Å². The van der Waals surface area contributed by atoms with Crippen LogP contribution in [0, 0.1) is 0 Å². The molecule has 128 valence electrons. The second kappa shape index (κ2) is 7.39. The van der Waals surface area contributed by atoms with Crippen molar-refractivity contribution in [3.8, 4) is 11.5 Å². The van der Waals surface area contributed by atoms with Crippen LogP contribution in [-0.4, -0.2) is 23.9 Å². The van der Waals surface area contributed by atoms with Crippen molar-refractivity contribution in [1.82, 2.24) is 4.98 Å². The van der Waals surface area contributed by atoms with Gasteiger partial charge in [-0.25, -0.2) is 0 Å². The van der Waals surface area contributed by atoms with Crippen molar-refractivity contribution >= 4 is 17.5 Å². The number of amides is 1. The van der Waals surface area contributed by atoms with Gasteiger partial charge in [-0.3, -0.25) is 9.78 Å². The van der Waals surface area contributed by atoms with Crippen molar-refractivity contribution in [2.45, 2.75) is 12.8 Å². The highest BCUT2D eigenvalue weighted by molar-refractivity contribution is 6.32. The summed E-state index contributed by atoms with van der Waals surface area (Å²) in [6, 6.07) is 6.47. The van der Waals surface area contributed by atoms with Gasteiger partial charge in [-0.2, -0.15) is 0 Å². The zero-order valence-corrected chi connectivity index (χ0v) is 12.9. The topological polar surface area (TPSA) is 74.4 Å². The van der Waals surface area contributed by atoms with E-state index in [1.165, 1.54) is 12.3 Å². The molecular formula is C15H12ClF3N2O3. The van der Waals surface area contributed by atoms with Gasteiger partial charge in [0.25, 0.3) is 5.91 Å². The van der Waals surface area contributed by atoms with Crippen LogP contribution in [-0.2, 0) is 6.42 Å². The van der Waals surface area contributed by atoms with Gasteiger partial charge in [0.2, 0.25) is 0 Å². The molecule has 2 aromatic rings. The van der Waals surface area contributed by atoms with Crippen LogP contribution in [0.15, 0.2) is 36.5 Å². The SMILES string of the molecule is NC(=O)c1cccnc1CCOc1ccc(OC(F)(F)F)cc1Cl. The Morgan fingerprint density at radius 2 is 2.04 bits per heavy atom. The second-order valence-electron chi connectivity index (χ2n) is 4.60. The zero-order chi connectivity index (χ0) is 17.7. The minimum Gasteiger partial charge on any atom is -0.492 e. The first kappa shape index (κ1) is 17.9. The number of hydrogen-bond acceptors (Lipinski definition) is 4. The molecular weight excluding hydrogens is 349 g/mol. The number of nitrogens with zero attached hydrogens (tertiary/aromatic N) is 1. The average molecular weight is 361 g/mol. The third kappa shape index (κ3) is 5.02. The Morgan fingerprint density at radius 3 is 2.67 bits per heavy atom. The normalized spacial score (nSPS) is 11.2. The number of ether oxygens (including phenoxy) is 2. The summed E-state index contributed by atoms with van der Waals surface area (Å²) in [6.45, 7) is 0.108. The lowest BCUT2D eigenvalue weighted by molar-refractivity contribution is -0.274. The number of halogens is 4. The Kier molecular flexibility index (Phi) is 5.50. The van der Waals surface area contributed by atoms with Gasteiger partial charge >= 0.3 is 6.36 Å². The molecule has 0 bridgehead atoms. The first-order valence-electron chi connectivity index (χ1n) is 6.68. The predicted octanol–water partition coefficient (Wildman–Crippen LogP) is 3.35. The third-order valence-electron chi connectivity index (χ3n) is 2.89. The number of aromatic nitrogens is 1. The number of rotatable bonds is 6. The fraction of sp³-hybridized carbons (Fsp3) is 0.200. The highest BCUT2D eigenvalue weighted by Crippen LogP contribution is 2.31. The highest BCUT2D eigenvalue weighted by Gasteiger charge is 2.31. The van der Waals surface area contributed by atoms with Gasteiger partial charge in [-0.15, -0.1) is 13.2 Å². The van der Waals surface area contributed by atoms with Gasteiger partial charge in [-0.05, 0) is 24.3 Å². The second-order valence-corrected chi connectivity index (χ2v) is 5.01. The molecule has 0 saturated heterocycles. The molecule has 0 aliphatic carbocycles.